The van der Waals surface area contributed by atoms with Crippen molar-refractivity contribution in [3.63, 3.8) is 0 Å². The zero-order valence-corrected chi connectivity index (χ0v) is 13.6. The second-order valence-electron chi connectivity index (χ2n) is 5.44. The standard InChI is InChI=1S/C15H26N2O2S/c1-5-10-16-13(4)11-14-8-6-7-9-15(14)20(18,19)17-12(2)3/h6-9,12-13,16-17H,5,10-11H2,1-4H3. The smallest absolute Gasteiger partial charge is 0.241 e. The molecule has 1 unspecified atom stereocenters. The van der Waals surface area contributed by atoms with Crippen molar-refractivity contribution >= 4 is 10.0 Å². The van der Waals surface area contributed by atoms with Crippen LogP contribution in [-0.2, 0) is 16.4 Å². The van der Waals surface area contributed by atoms with E-state index in [1.165, 1.54) is 0 Å². The lowest BCUT2D eigenvalue weighted by Crippen LogP contribution is -2.32. The van der Waals surface area contributed by atoms with E-state index < -0.39 is 10.0 Å². The van der Waals surface area contributed by atoms with Gasteiger partial charge in [0.15, 0.2) is 0 Å². The molecule has 0 radical (unpaired) electrons. The van der Waals surface area contributed by atoms with E-state index in [0.717, 1.165) is 18.5 Å². The van der Waals surface area contributed by atoms with E-state index in [1.807, 2.05) is 26.0 Å². The van der Waals surface area contributed by atoms with Crippen LogP contribution in [0.5, 0.6) is 0 Å². The lowest BCUT2D eigenvalue weighted by molar-refractivity contribution is 0.537. The second-order valence-corrected chi connectivity index (χ2v) is 7.13. The highest BCUT2D eigenvalue weighted by Crippen LogP contribution is 2.17. The number of hydrogen-bond donors (Lipinski definition) is 2. The minimum Gasteiger partial charge on any atom is -0.314 e. The fraction of sp³-hybridized carbons (Fsp3) is 0.600. The third kappa shape index (κ3) is 5.23. The van der Waals surface area contributed by atoms with Crippen molar-refractivity contribution in [2.24, 2.45) is 0 Å². The minimum absolute atomic E-state index is 0.108. The van der Waals surface area contributed by atoms with Gasteiger partial charge in [-0.05, 0) is 51.8 Å². The van der Waals surface area contributed by atoms with Gasteiger partial charge >= 0.3 is 0 Å². The van der Waals surface area contributed by atoms with Crippen LogP contribution in [0.15, 0.2) is 29.2 Å². The highest BCUT2D eigenvalue weighted by Gasteiger charge is 2.19. The van der Waals surface area contributed by atoms with Crippen LogP contribution in [0.4, 0.5) is 0 Å². The zero-order valence-electron chi connectivity index (χ0n) is 12.8. The van der Waals surface area contributed by atoms with Crippen molar-refractivity contribution < 1.29 is 8.42 Å². The molecule has 0 aliphatic rings. The Morgan fingerprint density at radius 2 is 1.80 bits per heavy atom. The van der Waals surface area contributed by atoms with Crippen LogP contribution in [0.25, 0.3) is 0 Å². The monoisotopic (exact) mass is 298 g/mol. The summed E-state index contributed by atoms with van der Waals surface area (Å²) < 4.78 is 27.3. The summed E-state index contributed by atoms with van der Waals surface area (Å²) in [5, 5.41) is 3.38. The van der Waals surface area contributed by atoms with Crippen molar-refractivity contribution in [2.45, 2.75) is 57.5 Å². The number of benzene rings is 1. The minimum atomic E-state index is -3.43. The highest BCUT2D eigenvalue weighted by atomic mass is 32.2. The molecule has 1 rings (SSSR count). The molecule has 0 saturated carbocycles. The lowest BCUT2D eigenvalue weighted by atomic mass is 10.1. The van der Waals surface area contributed by atoms with Crippen molar-refractivity contribution in [1.82, 2.24) is 10.0 Å². The van der Waals surface area contributed by atoms with Crippen LogP contribution < -0.4 is 10.0 Å². The molecular weight excluding hydrogens is 272 g/mol. The molecule has 0 aliphatic carbocycles. The first-order chi connectivity index (χ1) is 9.36. The molecule has 20 heavy (non-hydrogen) atoms. The Morgan fingerprint density at radius 1 is 1.15 bits per heavy atom. The van der Waals surface area contributed by atoms with Crippen molar-refractivity contribution in [3.05, 3.63) is 29.8 Å². The predicted octanol–water partition coefficient (Wildman–Crippen LogP) is 2.30. The molecule has 5 heteroatoms. The van der Waals surface area contributed by atoms with Gasteiger partial charge in [0.2, 0.25) is 10.0 Å². The van der Waals surface area contributed by atoms with Gasteiger partial charge in [-0.25, -0.2) is 13.1 Å². The van der Waals surface area contributed by atoms with Gasteiger partial charge in [0.25, 0.3) is 0 Å². The van der Waals surface area contributed by atoms with Gasteiger partial charge < -0.3 is 5.32 Å². The highest BCUT2D eigenvalue weighted by molar-refractivity contribution is 7.89. The SMILES string of the molecule is CCCNC(C)Cc1ccccc1S(=O)(=O)NC(C)C. The van der Waals surface area contributed by atoms with Crippen LogP contribution in [-0.4, -0.2) is 27.0 Å². The Hall–Kier alpha value is -0.910. The predicted molar refractivity (Wildman–Crippen MR) is 83.4 cm³/mol. The molecule has 0 heterocycles. The summed E-state index contributed by atoms with van der Waals surface area (Å²) in [6.45, 7) is 8.79. The summed E-state index contributed by atoms with van der Waals surface area (Å²) in [6, 6.07) is 7.36. The van der Waals surface area contributed by atoms with Gasteiger partial charge in [-0.1, -0.05) is 25.1 Å². The van der Waals surface area contributed by atoms with Gasteiger partial charge in [0.05, 0.1) is 4.90 Å². The van der Waals surface area contributed by atoms with E-state index in [-0.39, 0.29) is 12.1 Å². The van der Waals surface area contributed by atoms with Crippen LogP contribution in [0.3, 0.4) is 0 Å². The third-order valence-corrected chi connectivity index (χ3v) is 4.68. The molecule has 0 amide bonds. The van der Waals surface area contributed by atoms with Crippen LogP contribution in [0, 0.1) is 0 Å². The molecule has 1 atom stereocenters. The van der Waals surface area contributed by atoms with E-state index in [4.69, 9.17) is 0 Å². The van der Waals surface area contributed by atoms with Crippen molar-refractivity contribution in [3.8, 4) is 0 Å². The number of hydrogen-bond acceptors (Lipinski definition) is 3. The van der Waals surface area contributed by atoms with E-state index in [2.05, 4.69) is 23.9 Å². The van der Waals surface area contributed by atoms with Gasteiger partial charge in [-0.2, -0.15) is 0 Å². The number of sulfonamides is 1. The van der Waals surface area contributed by atoms with Crippen LogP contribution in [0.1, 0.15) is 39.7 Å². The van der Waals surface area contributed by atoms with E-state index >= 15 is 0 Å². The molecule has 0 aromatic heterocycles. The van der Waals surface area contributed by atoms with E-state index in [0.29, 0.717) is 11.3 Å². The molecule has 0 fully saturated rings. The van der Waals surface area contributed by atoms with Crippen molar-refractivity contribution in [2.75, 3.05) is 6.54 Å². The van der Waals surface area contributed by atoms with Gasteiger partial charge in [0.1, 0.15) is 0 Å². The van der Waals surface area contributed by atoms with Gasteiger partial charge in [0, 0.05) is 12.1 Å². The summed E-state index contributed by atoms with van der Waals surface area (Å²) in [7, 11) is -3.43. The third-order valence-electron chi connectivity index (χ3n) is 2.92. The largest absolute Gasteiger partial charge is 0.314 e. The Balaban J connectivity index is 2.93. The molecule has 0 aliphatic heterocycles. The van der Waals surface area contributed by atoms with Crippen molar-refractivity contribution in [1.29, 1.82) is 0 Å². The molecule has 1 aromatic rings. The summed E-state index contributed by atoms with van der Waals surface area (Å²) in [5.41, 5.74) is 0.858. The topological polar surface area (TPSA) is 58.2 Å². The average Bonchev–Trinajstić information content (AvgIpc) is 2.35. The molecular formula is C15H26N2O2S. The molecule has 4 nitrogen and oxygen atoms in total. The quantitative estimate of drug-likeness (QED) is 0.774. The zero-order chi connectivity index (χ0) is 15.2. The Bertz CT molecular complexity index is 512. The molecule has 0 saturated heterocycles. The number of rotatable bonds is 8. The van der Waals surface area contributed by atoms with Gasteiger partial charge in [-0.3, -0.25) is 0 Å². The first-order valence-electron chi connectivity index (χ1n) is 7.20. The van der Waals surface area contributed by atoms with E-state index in [1.54, 1.807) is 12.1 Å². The molecule has 1 aromatic carbocycles. The molecule has 0 bridgehead atoms. The summed E-state index contributed by atoms with van der Waals surface area (Å²) in [4.78, 5) is 0.388. The van der Waals surface area contributed by atoms with E-state index in [9.17, 15) is 8.42 Å². The Labute approximate surface area is 123 Å². The molecule has 114 valence electrons. The van der Waals surface area contributed by atoms with Crippen LogP contribution in [0.2, 0.25) is 0 Å². The normalized spacial score (nSPS) is 13.7. The van der Waals surface area contributed by atoms with Crippen LogP contribution >= 0.6 is 0 Å². The Kier molecular flexibility index (Phi) is 6.65. The average molecular weight is 298 g/mol. The number of nitrogens with one attached hydrogen (secondary N) is 2. The fourth-order valence-electron chi connectivity index (χ4n) is 2.10. The molecule has 0 spiro atoms. The summed E-state index contributed by atoms with van der Waals surface area (Å²) >= 11 is 0. The maximum absolute atomic E-state index is 12.3. The maximum atomic E-state index is 12.3. The second kappa shape index (κ2) is 7.76. The molecule has 2 N–H and O–H groups in total. The Morgan fingerprint density at radius 3 is 2.40 bits per heavy atom. The first kappa shape index (κ1) is 17.1. The summed E-state index contributed by atoms with van der Waals surface area (Å²) in [5.74, 6) is 0. The van der Waals surface area contributed by atoms with Gasteiger partial charge in [-0.15, -0.1) is 0 Å². The maximum Gasteiger partial charge on any atom is 0.241 e. The fourth-order valence-corrected chi connectivity index (χ4v) is 3.60. The lowest BCUT2D eigenvalue weighted by Gasteiger charge is -2.17. The summed E-state index contributed by atoms with van der Waals surface area (Å²) in [6.07, 6.45) is 1.77. The first-order valence-corrected chi connectivity index (χ1v) is 8.68.